The minimum absolute atomic E-state index is 0.129. The third-order valence-corrected chi connectivity index (χ3v) is 4.10. The molecule has 2 aromatic rings. The monoisotopic (exact) mass is 356 g/mol. The van der Waals surface area contributed by atoms with Gasteiger partial charge in [-0.3, -0.25) is 9.78 Å². The Labute approximate surface area is 152 Å². The lowest BCUT2D eigenvalue weighted by atomic mass is 10.1. The third kappa shape index (κ3) is 4.47. The zero-order valence-corrected chi connectivity index (χ0v) is 15.4. The van der Waals surface area contributed by atoms with Gasteiger partial charge in [0.05, 0.1) is 17.2 Å². The van der Waals surface area contributed by atoms with E-state index in [-0.39, 0.29) is 11.9 Å². The molecule has 1 atom stereocenters. The third-order valence-electron chi connectivity index (χ3n) is 4.10. The van der Waals surface area contributed by atoms with Crippen LogP contribution >= 0.6 is 0 Å². The Morgan fingerprint density at radius 1 is 1.23 bits per heavy atom. The molecule has 7 heteroatoms. The van der Waals surface area contributed by atoms with Crippen molar-refractivity contribution in [2.24, 2.45) is 0 Å². The van der Waals surface area contributed by atoms with Gasteiger partial charge in [-0.1, -0.05) is 12.1 Å². The summed E-state index contributed by atoms with van der Waals surface area (Å²) in [5, 5.41) is 2.85. The van der Waals surface area contributed by atoms with Crippen molar-refractivity contribution >= 4 is 23.0 Å². The molecule has 3 rings (SSSR count). The van der Waals surface area contributed by atoms with Gasteiger partial charge in [0.1, 0.15) is 11.3 Å². The van der Waals surface area contributed by atoms with Crippen molar-refractivity contribution in [2.75, 3.05) is 13.1 Å². The number of ether oxygens (including phenoxy) is 1. The minimum atomic E-state index is -0.547. The van der Waals surface area contributed by atoms with Crippen molar-refractivity contribution in [1.29, 1.82) is 0 Å². The maximum Gasteiger partial charge on any atom is 0.407 e. The number of fused-ring (bicyclic) bond motifs is 1. The predicted molar refractivity (Wildman–Crippen MR) is 97.8 cm³/mol. The van der Waals surface area contributed by atoms with Crippen LogP contribution in [0.2, 0.25) is 0 Å². The second kappa shape index (κ2) is 7.27. The van der Waals surface area contributed by atoms with Crippen LogP contribution in [0.25, 0.3) is 11.0 Å². The number of nitrogens with one attached hydrogen (secondary N) is 1. The van der Waals surface area contributed by atoms with Crippen LogP contribution in [0.3, 0.4) is 0 Å². The maximum atomic E-state index is 12.8. The van der Waals surface area contributed by atoms with Crippen LogP contribution in [-0.4, -0.2) is 51.6 Å². The van der Waals surface area contributed by atoms with Gasteiger partial charge in [0, 0.05) is 19.1 Å². The number of alkyl carbamates (subject to hydrolysis) is 1. The molecule has 0 saturated carbocycles. The topological polar surface area (TPSA) is 84.4 Å². The highest BCUT2D eigenvalue weighted by Crippen LogP contribution is 2.16. The molecule has 1 saturated heterocycles. The zero-order chi connectivity index (χ0) is 18.7. The van der Waals surface area contributed by atoms with Crippen molar-refractivity contribution in [1.82, 2.24) is 20.2 Å². The van der Waals surface area contributed by atoms with Crippen LogP contribution in [0, 0.1) is 0 Å². The Morgan fingerprint density at radius 3 is 2.69 bits per heavy atom. The van der Waals surface area contributed by atoms with Crippen LogP contribution in [0.5, 0.6) is 0 Å². The van der Waals surface area contributed by atoms with Crippen molar-refractivity contribution in [3.8, 4) is 0 Å². The van der Waals surface area contributed by atoms with E-state index < -0.39 is 11.7 Å². The summed E-state index contributed by atoms with van der Waals surface area (Å²) in [6.07, 6.45) is 2.68. The number of hydrogen-bond acceptors (Lipinski definition) is 5. The van der Waals surface area contributed by atoms with Gasteiger partial charge in [-0.15, -0.1) is 0 Å². The Balaban J connectivity index is 1.66. The molecular formula is C19H24N4O3. The summed E-state index contributed by atoms with van der Waals surface area (Å²) in [5.74, 6) is -0.168. The first-order valence-corrected chi connectivity index (χ1v) is 8.82. The number of aromatic nitrogens is 2. The number of amides is 2. The van der Waals surface area contributed by atoms with Crippen LogP contribution in [-0.2, 0) is 4.74 Å². The van der Waals surface area contributed by atoms with Gasteiger partial charge in [0.15, 0.2) is 0 Å². The Bertz CT molecular complexity index is 816. The van der Waals surface area contributed by atoms with Crippen molar-refractivity contribution in [3.05, 3.63) is 36.2 Å². The largest absolute Gasteiger partial charge is 0.444 e. The van der Waals surface area contributed by atoms with Crippen molar-refractivity contribution < 1.29 is 14.3 Å². The molecule has 1 aliphatic rings. The minimum Gasteiger partial charge on any atom is -0.444 e. The molecule has 2 heterocycles. The van der Waals surface area contributed by atoms with E-state index in [9.17, 15) is 9.59 Å². The number of hydrogen-bond donors (Lipinski definition) is 1. The lowest BCUT2D eigenvalue weighted by molar-refractivity contribution is 0.0451. The molecule has 0 bridgehead atoms. The highest BCUT2D eigenvalue weighted by molar-refractivity contribution is 5.93. The van der Waals surface area contributed by atoms with E-state index in [1.807, 2.05) is 45.0 Å². The fraction of sp³-hybridized carbons (Fsp3) is 0.474. The van der Waals surface area contributed by atoms with E-state index in [1.54, 1.807) is 4.90 Å². The molecule has 7 nitrogen and oxygen atoms in total. The van der Waals surface area contributed by atoms with E-state index in [4.69, 9.17) is 4.74 Å². The molecule has 0 aliphatic carbocycles. The molecule has 26 heavy (non-hydrogen) atoms. The average molecular weight is 356 g/mol. The summed E-state index contributed by atoms with van der Waals surface area (Å²) in [6.45, 7) is 6.54. The van der Waals surface area contributed by atoms with Crippen LogP contribution in [0.1, 0.15) is 44.1 Å². The molecule has 2 amide bonds. The summed E-state index contributed by atoms with van der Waals surface area (Å²) in [6, 6.07) is 7.32. The molecule has 0 radical (unpaired) electrons. The summed E-state index contributed by atoms with van der Waals surface area (Å²) < 4.78 is 5.29. The zero-order valence-electron chi connectivity index (χ0n) is 15.4. The molecule has 0 unspecified atom stereocenters. The number of benzene rings is 1. The van der Waals surface area contributed by atoms with E-state index >= 15 is 0 Å². The van der Waals surface area contributed by atoms with Gasteiger partial charge < -0.3 is 15.0 Å². The second-order valence-corrected chi connectivity index (χ2v) is 7.48. The number of rotatable bonds is 2. The first-order chi connectivity index (χ1) is 12.3. The molecule has 1 aliphatic heterocycles. The summed E-state index contributed by atoms with van der Waals surface area (Å²) >= 11 is 0. The highest BCUT2D eigenvalue weighted by atomic mass is 16.6. The SMILES string of the molecule is CC(C)(C)OC(=O)N[C@@H]1CCCN(C(=O)c2cnc3ccccc3n2)C1. The summed E-state index contributed by atoms with van der Waals surface area (Å²) in [7, 11) is 0. The van der Waals surface area contributed by atoms with Gasteiger partial charge in [-0.25, -0.2) is 9.78 Å². The van der Waals surface area contributed by atoms with Gasteiger partial charge in [-0.2, -0.15) is 0 Å². The number of carbonyl (C=O) groups is 2. The molecule has 0 spiro atoms. The smallest absolute Gasteiger partial charge is 0.407 e. The number of nitrogens with zero attached hydrogens (tertiary/aromatic N) is 3. The van der Waals surface area contributed by atoms with E-state index in [0.717, 1.165) is 18.4 Å². The molecule has 138 valence electrons. The Hall–Kier alpha value is -2.70. The molecule has 1 fully saturated rings. The van der Waals surface area contributed by atoms with Gasteiger partial charge >= 0.3 is 6.09 Å². The normalized spacial score (nSPS) is 17.8. The molecular weight excluding hydrogens is 332 g/mol. The molecule has 1 aromatic carbocycles. The second-order valence-electron chi connectivity index (χ2n) is 7.48. The van der Waals surface area contributed by atoms with Gasteiger partial charge in [0.2, 0.25) is 0 Å². The summed E-state index contributed by atoms with van der Waals surface area (Å²) in [5.41, 5.74) is 1.22. The molecule has 1 N–H and O–H groups in total. The molecule has 1 aromatic heterocycles. The first-order valence-electron chi connectivity index (χ1n) is 8.82. The average Bonchev–Trinajstić information content (AvgIpc) is 2.59. The number of likely N-dealkylation sites (tertiary alicyclic amines) is 1. The van der Waals surface area contributed by atoms with Gasteiger partial charge in [0.25, 0.3) is 5.91 Å². The highest BCUT2D eigenvalue weighted by Gasteiger charge is 2.28. The maximum absolute atomic E-state index is 12.8. The fourth-order valence-electron chi connectivity index (χ4n) is 2.98. The predicted octanol–water partition coefficient (Wildman–Crippen LogP) is 2.76. The lowest BCUT2D eigenvalue weighted by Gasteiger charge is -2.33. The van der Waals surface area contributed by atoms with Crippen molar-refractivity contribution in [3.63, 3.8) is 0 Å². The van der Waals surface area contributed by atoms with E-state index in [2.05, 4.69) is 15.3 Å². The number of carbonyl (C=O) groups excluding carboxylic acids is 2. The van der Waals surface area contributed by atoms with Crippen LogP contribution in [0.15, 0.2) is 30.5 Å². The lowest BCUT2D eigenvalue weighted by Crippen LogP contribution is -2.50. The van der Waals surface area contributed by atoms with E-state index in [0.29, 0.717) is 24.3 Å². The first kappa shape index (κ1) is 18.1. The van der Waals surface area contributed by atoms with Crippen molar-refractivity contribution in [2.45, 2.75) is 45.3 Å². The Morgan fingerprint density at radius 2 is 1.96 bits per heavy atom. The van der Waals surface area contributed by atoms with E-state index in [1.165, 1.54) is 6.20 Å². The quantitative estimate of drug-likeness (QED) is 0.894. The van der Waals surface area contributed by atoms with Crippen LogP contribution < -0.4 is 5.32 Å². The standard InChI is InChI=1S/C19H24N4O3/c1-19(2,3)26-18(25)21-13-7-6-10-23(12-13)17(24)16-11-20-14-8-4-5-9-15(14)22-16/h4-5,8-9,11,13H,6-7,10,12H2,1-3H3,(H,21,25)/t13-/m1/s1. The van der Waals surface area contributed by atoms with Gasteiger partial charge in [-0.05, 0) is 45.7 Å². The Kier molecular flexibility index (Phi) is 5.06. The number of para-hydroxylation sites is 2. The number of piperidine rings is 1. The van der Waals surface area contributed by atoms with Crippen LogP contribution in [0.4, 0.5) is 4.79 Å². The summed E-state index contributed by atoms with van der Waals surface area (Å²) in [4.78, 5) is 35.2. The fourth-order valence-corrected chi connectivity index (χ4v) is 2.98.